The van der Waals surface area contributed by atoms with E-state index >= 15 is 0 Å². The van der Waals surface area contributed by atoms with Gasteiger partial charge in [-0.1, -0.05) is 31.2 Å². The van der Waals surface area contributed by atoms with Crippen LogP contribution >= 0.6 is 11.3 Å². The van der Waals surface area contributed by atoms with Gasteiger partial charge in [0.2, 0.25) is 0 Å². The van der Waals surface area contributed by atoms with Crippen molar-refractivity contribution in [3.05, 3.63) is 40.9 Å². The largest absolute Gasteiger partial charge is 0.480 e. The summed E-state index contributed by atoms with van der Waals surface area (Å²) in [4.78, 5) is 17.9. The van der Waals surface area contributed by atoms with Crippen LogP contribution in [0.1, 0.15) is 31.0 Å². The summed E-state index contributed by atoms with van der Waals surface area (Å²) in [5.41, 5.74) is 3.42. The van der Waals surface area contributed by atoms with Crippen LogP contribution in [0.15, 0.2) is 29.6 Å². The van der Waals surface area contributed by atoms with E-state index in [0.717, 1.165) is 42.1 Å². The highest BCUT2D eigenvalue weighted by Gasteiger charge is 2.30. The number of nitrogens with zero attached hydrogens (tertiary/aromatic N) is 2. The van der Waals surface area contributed by atoms with E-state index in [-0.39, 0.29) is 6.04 Å². The van der Waals surface area contributed by atoms with Crippen LogP contribution in [0.2, 0.25) is 0 Å². The monoisotopic (exact) mass is 316 g/mol. The summed E-state index contributed by atoms with van der Waals surface area (Å²) < 4.78 is 0. The normalized spacial score (nSPS) is 18.7. The first-order valence-corrected chi connectivity index (χ1v) is 8.56. The average molecular weight is 316 g/mol. The zero-order chi connectivity index (χ0) is 15.5. The molecule has 22 heavy (non-hydrogen) atoms. The van der Waals surface area contributed by atoms with Gasteiger partial charge in [-0.15, -0.1) is 11.3 Å². The topological polar surface area (TPSA) is 53.4 Å². The van der Waals surface area contributed by atoms with Crippen LogP contribution in [0.3, 0.4) is 0 Å². The van der Waals surface area contributed by atoms with Gasteiger partial charge in [0, 0.05) is 17.5 Å². The molecule has 0 spiro atoms. The summed E-state index contributed by atoms with van der Waals surface area (Å²) in [6, 6.07) is 8.14. The number of hydrogen-bond donors (Lipinski definition) is 1. The molecule has 2 heterocycles. The van der Waals surface area contributed by atoms with Gasteiger partial charge < -0.3 is 5.11 Å². The summed E-state index contributed by atoms with van der Waals surface area (Å²) in [6.07, 6.45) is 2.73. The minimum atomic E-state index is -0.719. The molecule has 3 rings (SSSR count). The zero-order valence-corrected chi connectivity index (χ0v) is 13.5. The molecule has 4 nitrogen and oxygen atoms in total. The lowest BCUT2D eigenvalue weighted by atomic mass is 10.1. The second-order valence-electron chi connectivity index (χ2n) is 5.66. The summed E-state index contributed by atoms with van der Waals surface area (Å²) in [5, 5.41) is 12.3. The molecule has 2 aromatic rings. The van der Waals surface area contributed by atoms with Crippen molar-refractivity contribution in [2.75, 3.05) is 6.54 Å². The van der Waals surface area contributed by atoms with Gasteiger partial charge in [0.25, 0.3) is 0 Å². The Hall–Kier alpha value is -1.72. The summed E-state index contributed by atoms with van der Waals surface area (Å²) in [7, 11) is 0. The van der Waals surface area contributed by atoms with Gasteiger partial charge >= 0.3 is 5.97 Å². The third-order valence-corrected chi connectivity index (χ3v) is 5.11. The molecule has 1 N–H and O–H groups in total. The molecular formula is C17H20N2O2S. The van der Waals surface area contributed by atoms with E-state index in [2.05, 4.69) is 36.2 Å². The van der Waals surface area contributed by atoms with Gasteiger partial charge in [-0.05, 0) is 31.4 Å². The summed E-state index contributed by atoms with van der Waals surface area (Å²) in [6.45, 7) is 3.61. The zero-order valence-electron chi connectivity index (χ0n) is 12.7. The lowest BCUT2D eigenvalue weighted by Gasteiger charge is -2.19. The minimum absolute atomic E-state index is 0.353. The molecule has 0 unspecified atom stereocenters. The molecule has 1 aromatic carbocycles. The van der Waals surface area contributed by atoms with Crippen molar-refractivity contribution in [1.29, 1.82) is 0 Å². The fourth-order valence-electron chi connectivity index (χ4n) is 2.90. The second kappa shape index (κ2) is 6.58. The number of carboxylic acid groups (broad SMARTS) is 1. The third kappa shape index (κ3) is 3.20. The van der Waals surface area contributed by atoms with Crippen molar-refractivity contribution in [3.8, 4) is 10.6 Å². The van der Waals surface area contributed by atoms with Gasteiger partial charge in [0.1, 0.15) is 11.0 Å². The molecule has 0 aliphatic carbocycles. The van der Waals surface area contributed by atoms with Gasteiger partial charge in [-0.2, -0.15) is 0 Å². The predicted octanol–water partition coefficient (Wildman–Crippen LogP) is 3.42. The van der Waals surface area contributed by atoms with Crippen LogP contribution in [-0.2, 0) is 17.8 Å². The summed E-state index contributed by atoms with van der Waals surface area (Å²) in [5.74, 6) is -0.719. The molecule has 0 saturated carbocycles. The van der Waals surface area contributed by atoms with E-state index in [9.17, 15) is 9.90 Å². The average Bonchev–Trinajstić information content (AvgIpc) is 3.17. The van der Waals surface area contributed by atoms with Crippen molar-refractivity contribution < 1.29 is 9.90 Å². The number of carbonyl (C=O) groups is 1. The van der Waals surface area contributed by atoms with Gasteiger partial charge in [-0.25, -0.2) is 4.98 Å². The van der Waals surface area contributed by atoms with Crippen LogP contribution in [0.4, 0.5) is 0 Å². The first-order chi connectivity index (χ1) is 10.7. The van der Waals surface area contributed by atoms with Gasteiger partial charge in [-0.3, -0.25) is 9.69 Å². The highest BCUT2D eigenvalue weighted by Crippen LogP contribution is 2.26. The second-order valence-corrected chi connectivity index (χ2v) is 6.52. The number of rotatable bonds is 5. The van der Waals surface area contributed by atoms with Crippen molar-refractivity contribution >= 4 is 17.3 Å². The Balaban J connectivity index is 1.72. The maximum absolute atomic E-state index is 11.2. The standard InChI is InChI=1S/C17H20N2O2S/c1-2-12-5-7-13(8-6-12)16-18-14(11-22-16)10-19-9-3-4-15(19)17(20)21/h5-8,11,15H,2-4,9-10H2,1H3,(H,20,21)/t15-/m1/s1. The van der Waals surface area contributed by atoms with Crippen molar-refractivity contribution in [3.63, 3.8) is 0 Å². The molecular weight excluding hydrogens is 296 g/mol. The Kier molecular flexibility index (Phi) is 4.55. The number of hydrogen-bond acceptors (Lipinski definition) is 4. The fraction of sp³-hybridized carbons (Fsp3) is 0.412. The molecule has 5 heteroatoms. The number of aliphatic carboxylic acids is 1. The maximum Gasteiger partial charge on any atom is 0.320 e. The number of carboxylic acids is 1. The molecule has 116 valence electrons. The summed E-state index contributed by atoms with van der Waals surface area (Å²) >= 11 is 1.62. The molecule has 0 bridgehead atoms. The van der Waals surface area contributed by atoms with E-state index in [4.69, 9.17) is 0 Å². The van der Waals surface area contributed by atoms with E-state index < -0.39 is 5.97 Å². The molecule has 1 aromatic heterocycles. The number of aryl methyl sites for hydroxylation is 1. The van der Waals surface area contributed by atoms with Crippen LogP contribution in [0, 0.1) is 0 Å². The first-order valence-electron chi connectivity index (χ1n) is 7.68. The molecule has 0 radical (unpaired) electrons. The van der Waals surface area contributed by atoms with Crippen LogP contribution in [-0.4, -0.2) is 33.5 Å². The molecule has 0 amide bonds. The minimum Gasteiger partial charge on any atom is -0.480 e. The predicted molar refractivity (Wildman–Crippen MR) is 88.0 cm³/mol. The van der Waals surface area contributed by atoms with Crippen LogP contribution in [0.25, 0.3) is 10.6 Å². The van der Waals surface area contributed by atoms with E-state index in [1.807, 2.05) is 10.3 Å². The molecule has 1 aliphatic heterocycles. The molecule has 1 aliphatic rings. The fourth-order valence-corrected chi connectivity index (χ4v) is 3.72. The Morgan fingerprint density at radius 2 is 2.18 bits per heavy atom. The van der Waals surface area contributed by atoms with Crippen LogP contribution < -0.4 is 0 Å². The lowest BCUT2D eigenvalue weighted by molar-refractivity contribution is -0.142. The smallest absolute Gasteiger partial charge is 0.320 e. The van der Waals surface area contributed by atoms with E-state index in [0.29, 0.717) is 6.54 Å². The van der Waals surface area contributed by atoms with Crippen molar-refractivity contribution in [2.24, 2.45) is 0 Å². The molecule has 1 saturated heterocycles. The Morgan fingerprint density at radius 3 is 2.86 bits per heavy atom. The SMILES string of the molecule is CCc1ccc(-c2nc(CN3CCC[C@@H]3C(=O)O)cs2)cc1. The number of likely N-dealkylation sites (tertiary alicyclic amines) is 1. The Bertz CT molecular complexity index is 651. The molecule has 1 fully saturated rings. The molecule has 1 atom stereocenters. The van der Waals surface area contributed by atoms with Crippen molar-refractivity contribution in [2.45, 2.75) is 38.8 Å². The number of aromatic nitrogens is 1. The maximum atomic E-state index is 11.2. The van der Waals surface area contributed by atoms with Crippen LogP contribution in [0.5, 0.6) is 0 Å². The van der Waals surface area contributed by atoms with Crippen molar-refractivity contribution in [1.82, 2.24) is 9.88 Å². The Labute approximate surface area is 134 Å². The first kappa shape index (κ1) is 15.2. The van der Waals surface area contributed by atoms with Gasteiger partial charge in [0.15, 0.2) is 0 Å². The highest BCUT2D eigenvalue weighted by atomic mass is 32.1. The number of thiazole rings is 1. The highest BCUT2D eigenvalue weighted by molar-refractivity contribution is 7.13. The Morgan fingerprint density at radius 1 is 1.41 bits per heavy atom. The van der Waals surface area contributed by atoms with E-state index in [1.54, 1.807) is 11.3 Å². The quantitative estimate of drug-likeness (QED) is 0.918. The van der Waals surface area contributed by atoms with E-state index in [1.165, 1.54) is 5.56 Å². The van der Waals surface area contributed by atoms with Gasteiger partial charge in [0.05, 0.1) is 5.69 Å². The third-order valence-electron chi connectivity index (χ3n) is 4.17. The number of benzene rings is 1. The lowest BCUT2D eigenvalue weighted by Crippen LogP contribution is -2.35.